The first kappa shape index (κ1) is 21.3. The average molecular weight is 427 g/mol. The van der Waals surface area contributed by atoms with E-state index in [9.17, 15) is 30.4 Å². The van der Waals surface area contributed by atoms with Crippen LogP contribution in [0.25, 0.3) is 0 Å². The Morgan fingerprint density at radius 1 is 1.14 bits per heavy atom. The van der Waals surface area contributed by atoms with Gasteiger partial charge in [-0.05, 0) is 37.5 Å². The van der Waals surface area contributed by atoms with Gasteiger partial charge < -0.3 is 9.64 Å². The third-order valence-corrected chi connectivity index (χ3v) is 7.82. The summed E-state index contributed by atoms with van der Waals surface area (Å²) in [7, 11) is -2.76. The number of ether oxygens (including phenoxy) is 1. The molecule has 2 atom stereocenters. The van der Waals surface area contributed by atoms with Gasteiger partial charge in [-0.2, -0.15) is 13.2 Å². The highest BCUT2D eigenvalue weighted by molar-refractivity contribution is 7.92. The van der Waals surface area contributed by atoms with Crippen LogP contribution in [-0.2, 0) is 20.8 Å². The monoisotopic (exact) mass is 427 g/mol. The van der Waals surface area contributed by atoms with Gasteiger partial charge in [0, 0.05) is 38.7 Å². The van der Waals surface area contributed by atoms with E-state index in [1.165, 1.54) is 18.1 Å². The Bertz CT molecular complexity index is 815. The summed E-state index contributed by atoms with van der Waals surface area (Å²) in [5.74, 6) is -2.83. The second-order valence-corrected chi connectivity index (χ2v) is 9.56. The van der Waals surface area contributed by atoms with Gasteiger partial charge in [0.2, 0.25) is 0 Å². The van der Waals surface area contributed by atoms with Crippen molar-refractivity contribution in [1.29, 1.82) is 0 Å². The van der Waals surface area contributed by atoms with Crippen molar-refractivity contribution in [2.24, 2.45) is 0 Å². The van der Waals surface area contributed by atoms with Crippen molar-refractivity contribution in [2.75, 3.05) is 25.1 Å². The first-order valence-corrected chi connectivity index (χ1v) is 10.6. The van der Waals surface area contributed by atoms with Crippen molar-refractivity contribution < 1.29 is 35.1 Å². The summed E-state index contributed by atoms with van der Waals surface area (Å²) in [6.07, 6.45) is -5.20. The summed E-state index contributed by atoms with van der Waals surface area (Å²) in [6.45, 7) is -0.178. The van der Waals surface area contributed by atoms with Crippen molar-refractivity contribution in [3.05, 3.63) is 23.8 Å². The number of halogens is 5. The molecule has 28 heavy (non-hydrogen) atoms. The summed E-state index contributed by atoms with van der Waals surface area (Å²) < 4.78 is 98.5. The van der Waals surface area contributed by atoms with Crippen LogP contribution in [0.1, 0.15) is 37.7 Å². The molecule has 2 fully saturated rings. The average Bonchev–Trinajstić information content (AvgIpc) is 3.10. The van der Waals surface area contributed by atoms with Gasteiger partial charge in [0.05, 0.1) is 21.8 Å². The summed E-state index contributed by atoms with van der Waals surface area (Å²) in [5.41, 5.74) is -1.15. The lowest BCUT2D eigenvalue weighted by Gasteiger charge is -2.34. The van der Waals surface area contributed by atoms with Crippen LogP contribution >= 0.6 is 0 Å². The molecule has 0 radical (unpaired) electrons. The fraction of sp³-hybridized carbons (Fsp3) is 0.667. The van der Waals surface area contributed by atoms with Crippen LogP contribution < -0.4 is 4.90 Å². The zero-order chi connectivity index (χ0) is 20.7. The van der Waals surface area contributed by atoms with Crippen molar-refractivity contribution >= 4 is 15.5 Å². The van der Waals surface area contributed by atoms with E-state index in [1.807, 2.05) is 0 Å². The fourth-order valence-corrected chi connectivity index (χ4v) is 5.86. The molecule has 2 unspecified atom stereocenters. The number of hydrogen-bond donors (Lipinski definition) is 0. The number of anilines is 1. The van der Waals surface area contributed by atoms with Crippen LogP contribution in [0.15, 0.2) is 23.1 Å². The standard InChI is InChI=1S/C18H22F5NO3S/c1-27-13-3-4-14(11-13)28(25,26)16-5-2-12(10-15(16)18(21,22)23)24-8-6-17(19,20)7-9-24/h2,5,10,13-14H,3-4,6-9,11H2,1H3. The number of piperidine rings is 1. The van der Waals surface area contributed by atoms with Crippen molar-refractivity contribution in [3.63, 3.8) is 0 Å². The predicted octanol–water partition coefficient (Wildman–Crippen LogP) is 4.28. The minimum Gasteiger partial charge on any atom is -0.381 e. The third kappa shape index (κ3) is 4.27. The molecule has 1 aliphatic carbocycles. The Morgan fingerprint density at radius 3 is 2.32 bits per heavy atom. The Kier molecular flexibility index (Phi) is 5.66. The number of rotatable bonds is 4. The Morgan fingerprint density at radius 2 is 1.79 bits per heavy atom. The van der Waals surface area contributed by atoms with Crippen molar-refractivity contribution in [1.82, 2.24) is 0 Å². The Labute approximate surface area is 160 Å². The van der Waals surface area contributed by atoms with E-state index in [2.05, 4.69) is 0 Å². The fourth-order valence-electron chi connectivity index (χ4n) is 3.85. The molecule has 0 spiro atoms. The number of benzene rings is 1. The molecular weight excluding hydrogens is 405 g/mol. The van der Waals surface area contributed by atoms with E-state index in [4.69, 9.17) is 4.74 Å². The van der Waals surface area contributed by atoms with Gasteiger partial charge in [-0.1, -0.05) is 0 Å². The maximum Gasteiger partial charge on any atom is 0.417 e. The molecule has 0 amide bonds. The highest BCUT2D eigenvalue weighted by atomic mass is 32.2. The molecule has 10 heteroatoms. The van der Waals surface area contributed by atoms with Gasteiger partial charge >= 0.3 is 6.18 Å². The van der Waals surface area contributed by atoms with Gasteiger partial charge in [-0.25, -0.2) is 17.2 Å². The molecule has 1 heterocycles. The summed E-state index contributed by atoms with van der Waals surface area (Å²) in [5, 5.41) is -0.932. The lowest BCUT2D eigenvalue weighted by molar-refractivity contribution is -0.139. The van der Waals surface area contributed by atoms with E-state index < -0.39 is 50.5 Å². The zero-order valence-electron chi connectivity index (χ0n) is 15.3. The minimum absolute atomic E-state index is 0.0888. The van der Waals surface area contributed by atoms with Crippen LogP contribution in [0.5, 0.6) is 0 Å². The molecule has 2 aliphatic rings. The highest BCUT2D eigenvalue weighted by Crippen LogP contribution is 2.41. The highest BCUT2D eigenvalue weighted by Gasteiger charge is 2.43. The number of alkyl halides is 5. The smallest absolute Gasteiger partial charge is 0.381 e. The molecule has 0 N–H and O–H groups in total. The predicted molar refractivity (Wildman–Crippen MR) is 93.5 cm³/mol. The van der Waals surface area contributed by atoms with Crippen LogP contribution in [0, 0.1) is 0 Å². The third-order valence-electron chi connectivity index (χ3n) is 5.54. The Balaban J connectivity index is 1.94. The molecule has 1 saturated heterocycles. The van der Waals surface area contributed by atoms with Gasteiger partial charge in [0.1, 0.15) is 0 Å². The second kappa shape index (κ2) is 7.44. The number of nitrogens with zero attached hydrogens (tertiary/aromatic N) is 1. The van der Waals surface area contributed by atoms with E-state index in [0.717, 1.165) is 12.1 Å². The quantitative estimate of drug-likeness (QED) is 0.673. The van der Waals surface area contributed by atoms with E-state index in [0.29, 0.717) is 6.42 Å². The van der Waals surface area contributed by atoms with Gasteiger partial charge in [0.25, 0.3) is 5.92 Å². The topological polar surface area (TPSA) is 46.6 Å². The molecule has 1 aromatic carbocycles. The normalized spacial score (nSPS) is 25.9. The molecule has 1 aromatic rings. The van der Waals surface area contributed by atoms with Crippen molar-refractivity contribution in [3.8, 4) is 0 Å². The molecular formula is C18H22F5NO3S. The maximum atomic E-state index is 13.7. The van der Waals surface area contributed by atoms with E-state index in [-0.39, 0.29) is 37.7 Å². The minimum atomic E-state index is -4.88. The maximum absolute atomic E-state index is 13.7. The van der Waals surface area contributed by atoms with Gasteiger partial charge in [-0.3, -0.25) is 0 Å². The second-order valence-electron chi connectivity index (χ2n) is 7.36. The molecule has 0 bridgehead atoms. The molecule has 4 nitrogen and oxygen atoms in total. The molecule has 1 saturated carbocycles. The van der Waals surface area contributed by atoms with E-state index >= 15 is 0 Å². The lowest BCUT2D eigenvalue weighted by atomic mass is 10.1. The van der Waals surface area contributed by atoms with Crippen LogP contribution in [0.4, 0.5) is 27.6 Å². The van der Waals surface area contributed by atoms with Crippen LogP contribution in [-0.4, -0.2) is 45.9 Å². The van der Waals surface area contributed by atoms with E-state index in [1.54, 1.807) is 0 Å². The van der Waals surface area contributed by atoms with Gasteiger partial charge in [0.15, 0.2) is 9.84 Å². The van der Waals surface area contributed by atoms with Crippen molar-refractivity contribution in [2.45, 2.75) is 60.5 Å². The molecule has 0 aromatic heterocycles. The van der Waals surface area contributed by atoms with Crippen LogP contribution in [0.3, 0.4) is 0 Å². The summed E-state index contributed by atoms with van der Waals surface area (Å²) >= 11 is 0. The largest absolute Gasteiger partial charge is 0.417 e. The SMILES string of the molecule is COC1CCC(S(=O)(=O)c2ccc(N3CCC(F)(F)CC3)cc2C(F)(F)F)C1. The zero-order valence-corrected chi connectivity index (χ0v) is 16.1. The molecule has 1 aliphatic heterocycles. The summed E-state index contributed by atoms with van der Waals surface area (Å²) in [4.78, 5) is 0.674. The number of methoxy groups -OCH3 is 1. The first-order chi connectivity index (χ1) is 12.9. The van der Waals surface area contributed by atoms with Crippen LogP contribution in [0.2, 0.25) is 0 Å². The lowest BCUT2D eigenvalue weighted by Crippen LogP contribution is -2.39. The number of sulfone groups is 1. The van der Waals surface area contributed by atoms with Gasteiger partial charge in [-0.15, -0.1) is 0 Å². The Hall–Kier alpha value is -1.42. The first-order valence-electron chi connectivity index (χ1n) is 9.05. The molecule has 158 valence electrons. The summed E-state index contributed by atoms with van der Waals surface area (Å²) in [6, 6.07) is 2.99. The number of hydrogen-bond acceptors (Lipinski definition) is 4. The molecule has 3 rings (SSSR count).